The number of halogens is 1. The Hall–Kier alpha value is -4.13. The van der Waals surface area contributed by atoms with Crippen LogP contribution in [0.4, 0.5) is 4.39 Å². The van der Waals surface area contributed by atoms with E-state index >= 15 is 0 Å². The van der Waals surface area contributed by atoms with Crippen molar-refractivity contribution in [2.45, 2.75) is 13.5 Å². The summed E-state index contributed by atoms with van der Waals surface area (Å²) in [4.78, 5) is 0. The Morgan fingerprint density at radius 1 is 0.941 bits per heavy atom. The molecule has 0 aromatic heterocycles. The zero-order chi connectivity index (χ0) is 23.1. The molecule has 0 unspecified atom stereocenters. The first-order valence-electron chi connectivity index (χ1n) is 11.3. The monoisotopic (exact) mass is 455 g/mol. The van der Waals surface area contributed by atoms with Crippen molar-refractivity contribution in [3.63, 3.8) is 0 Å². The van der Waals surface area contributed by atoms with Gasteiger partial charge in [-0.2, -0.15) is 0 Å². The highest BCUT2D eigenvalue weighted by atomic mass is 19.1. The SMILES string of the molecule is CCOc1ccc(-c2nnc3c4cc5c(cc4n(Cc4cccc(F)c4)cc2-3)OCCO5)cc1. The van der Waals surface area contributed by atoms with E-state index in [0.717, 1.165) is 44.7 Å². The summed E-state index contributed by atoms with van der Waals surface area (Å²) >= 11 is 0. The van der Waals surface area contributed by atoms with Crippen LogP contribution in [0, 0.1) is 5.82 Å². The fourth-order valence-electron chi connectivity index (χ4n) is 4.42. The summed E-state index contributed by atoms with van der Waals surface area (Å²) in [5.74, 6) is 1.93. The summed E-state index contributed by atoms with van der Waals surface area (Å²) < 4.78 is 33.2. The lowest BCUT2D eigenvalue weighted by Crippen LogP contribution is -2.15. The number of nitrogens with zero attached hydrogens (tertiary/aromatic N) is 3. The van der Waals surface area contributed by atoms with Crippen molar-refractivity contribution >= 4 is 10.9 Å². The molecule has 170 valence electrons. The maximum Gasteiger partial charge on any atom is 0.163 e. The topological polar surface area (TPSA) is 58.4 Å². The van der Waals surface area contributed by atoms with Crippen LogP contribution in [-0.2, 0) is 6.54 Å². The summed E-state index contributed by atoms with van der Waals surface area (Å²) in [7, 11) is 0. The molecule has 7 heteroatoms. The summed E-state index contributed by atoms with van der Waals surface area (Å²) in [6.07, 6.45) is 2.03. The zero-order valence-corrected chi connectivity index (χ0v) is 18.6. The quantitative estimate of drug-likeness (QED) is 0.347. The number of rotatable bonds is 5. The summed E-state index contributed by atoms with van der Waals surface area (Å²) in [5.41, 5.74) is 5.19. The number of hydrogen-bond acceptors (Lipinski definition) is 5. The van der Waals surface area contributed by atoms with Gasteiger partial charge in [0.05, 0.1) is 12.1 Å². The van der Waals surface area contributed by atoms with Gasteiger partial charge in [0, 0.05) is 35.3 Å². The lowest BCUT2D eigenvalue weighted by molar-refractivity contribution is 0.172. The van der Waals surface area contributed by atoms with Crippen LogP contribution in [0.15, 0.2) is 66.9 Å². The fourth-order valence-corrected chi connectivity index (χ4v) is 4.42. The maximum atomic E-state index is 13.9. The van der Waals surface area contributed by atoms with Gasteiger partial charge in [-0.1, -0.05) is 12.1 Å². The molecule has 6 rings (SSSR count). The molecule has 6 nitrogen and oxygen atoms in total. The average Bonchev–Trinajstić information content (AvgIpc) is 3.28. The second-order valence-electron chi connectivity index (χ2n) is 8.17. The van der Waals surface area contributed by atoms with E-state index in [1.807, 2.05) is 55.6 Å². The average molecular weight is 455 g/mol. The molecule has 0 N–H and O–H groups in total. The summed E-state index contributed by atoms with van der Waals surface area (Å²) in [6.45, 7) is 4.06. The van der Waals surface area contributed by atoms with Gasteiger partial charge >= 0.3 is 0 Å². The predicted molar refractivity (Wildman–Crippen MR) is 127 cm³/mol. The minimum atomic E-state index is -0.260. The van der Waals surface area contributed by atoms with Crippen molar-refractivity contribution in [1.29, 1.82) is 0 Å². The normalized spacial score (nSPS) is 12.9. The number of fused-ring (bicyclic) bond motifs is 4. The third-order valence-electron chi connectivity index (χ3n) is 5.95. The zero-order valence-electron chi connectivity index (χ0n) is 18.6. The molecular weight excluding hydrogens is 433 g/mol. The van der Waals surface area contributed by atoms with E-state index in [0.29, 0.717) is 37.9 Å². The summed E-state index contributed by atoms with van der Waals surface area (Å²) in [6, 6.07) is 18.4. The number of pyridine rings is 1. The molecule has 0 atom stereocenters. The number of aromatic nitrogens is 3. The largest absolute Gasteiger partial charge is 0.494 e. The number of ether oxygens (including phenoxy) is 3. The Labute approximate surface area is 195 Å². The Morgan fingerprint density at radius 2 is 1.71 bits per heavy atom. The van der Waals surface area contributed by atoms with E-state index in [4.69, 9.17) is 14.2 Å². The van der Waals surface area contributed by atoms with Crippen molar-refractivity contribution in [1.82, 2.24) is 14.8 Å². The highest BCUT2D eigenvalue weighted by Crippen LogP contribution is 2.42. The van der Waals surface area contributed by atoms with Crippen LogP contribution >= 0.6 is 0 Å². The number of benzene rings is 3. The molecule has 3 aliphatic rings. The molecule has 0 bridgehead atoms. The van der Waals surface area contributed by atoms with Crippen molar-refractivity contribution < 1.29 is 18.6 Å². The summed E-state index contributed by atoms with van der Waals surface area (Å²) in [5, 5.41) is 9.98. The highest BCUT2D eigenvalue weighted by molar-refractivity contribution is 5.99. The predicted octanol–water partition coefficient (Wildman–Crippen LogP) is 5.56. The molecule has 0 amide bonds. The van der Waals surface area contributed by atoms with Crippen LogP contribution in [0.3, 0.4) is 0 Å². The second kappa shape index (κ2) is 8.33. The van der Waals surface area contributed by atoms with Crippen LogP contribution in [0.25, 0.3) is 33.4 Å². The highest BCUT2D eigenvalue weighted by Gasteiger charge is 2.23. The minimum absolute atomic E-state index is 0.260. The van der Waals surface area contributed by atoms with Crippen molar-refractivity contribution in [2.24, 2.45) is 0 Å². The van der Waals surface area contributed by atoms with E-state index in [9.17, 15) is 4.39 Å². The van der Waals surface area contributed by atoms with Crippen molar-refractivity contribution in [2.75, 3.05) is 19.8 Å². The van der Waals surface area contributed by atoms with E-state index in [-0.39, 0.29) is 5.82 Å². The maximum absolute atomic E-state index is 13.9. The third-order valence-corrected chi connectivity index (χ3v) is 5.95. The molecule has 3 heterocycles. The standard InChI is InChI=1S/C27H22FN3O3/c1-2-32-20-8-6-18(7-9-20)26-22-16-31(15-17-4-3-5-19(28)12-17)23-14-25-24(33-10-11-34-25)13-21(23)27(22)30-29-26/h3-9,12-14,16H,2,10-11,15H2,1H3. The Morgan fingerprint density at radius 3 is 2.47 bits per heavy atom. The van der Waals surface area contributed by atoms with Gasteiger partial charge in [0.1, 0.15) is 36.2 Å². The van der Waals surface area contributed by atoms with Gasteiger partial charge in [-0.25, -0.2) is 4.39 Å². The van der Waals surface area contributed by atoms with Crippen LogP contribution < -0.4 is 14.2 Å². The van der Waals surface area contributed by atoms with Gasteiger partial charge in [-0.05, 0) is 55.0 Å². The molecule has 0 saturated heterocycles. The first kappa shape index (κ1) is 20.5. The van der Waals surface area contributed by atoms with E-state index in [1.165, 1.54) is 6.07 Å². The van der Waals surface area contributed by atoms with Crippen LogP contribution in [-0.4, -0.2) is 34.6 Å². The second-order valence-corrected chi connectivity index (χ2v) is 8.17. The van der Waals surface area contributed by atoms with Gasteiger partial charge in [-0.15, -0.1) is 10.2 Å². The Bertz CT molecular complexity index is 1460. The van der Waals surface area contributed by atoms with Crippen LogP contribution in [0.1, 0.15) is 12.5 Å². The van der Waals surface area contributed by atoms with Gasteiger partial charge in [0.25, 0.3) is 0 Å². The van der Waals surface area contributed by atoms with Gasteiger partial charge in [0.15, 0.2) is 11.5 Å². The van der Waals surface area contributed by atoms with Crippen molar-refractivity contribution in [3.8, 4) is 39.8 Å². The molecular formula is C27H22FN3O3. The molecule has 0 radical (unpaired) electrons. The molecule has 3 aromatic rings. The molecule has 3 aliphatic heterocycles. The molecule has 3 aromatic carbocycles. The number of hydrogen-bond donors (Lipinski definition) is 0. The lowest BCUT2D eigenvalue weighted by atomic mass is 10.0. The molecule has 34 heavy (non-hydrogen) atoms. The van der Waals surface area contributed by atoms with E-state index in [2.05, 4.69) is 14.8 Å². The van der Waals surface area contributed by atoms with Crippen LogP contribution in [0.2, 0.25) is 0 Å². The first-order chi connectivity index (χ1) is 16.7. The fraction of sp³-hybridized carbons (Fsp3) is 0.185. The lowest BCUT2D eigenvalue weighted by Gasteiger charge is -2.21. The Kier molecular flexibility index (Phi) is 5.02. The van der Waals surface area contributed by atoms with Gasteiger partial charge < -0.3 is 18.8 Å². The molecule has 0 spiro atoms. The van der Waals surface area contributed by atoms with E-state index < -0.39 is 0 Å². The van der Waals surface area contributed by atoms with Gasteiger partial charge in [0.2, 0.25) is 0 Å². The smallest absolute Gasteiger partial charge is 0.163 e. The molecule has 0 fully saturated rings. The minimum Gasteiger partial charge on any atom is -0.494 e. The Balaban J connectivity index is 1.54. The first-order valence-corrected chi connectivity index (χ1v) is 11.3. The van der Waals surface area contributed by atoms with Gasteiger partial charge in [-0.3, -0.25) is 0 Å². The van der Waals surface area contributed by atoms with Crippen LogP contribution in [0.5, 0.6) is 17.2 Å². The molecule has 0 aliphatic carbocycles. The van der Waals surface area contributed by atoms with E-state index in [1.54, 1.807) is 12.1 Å². The third kappa shape index (κ3) is 3.59. The molecule has 0 saturated carbocycles. The van der Waals surface area contributed by atoms with Crippen molar-refractivity contribution in [3.05, 3.63) is 78.2 Å².